The van der Waals surface area contributed by atoms with Crippen LogP contribution in [0.25, 0.3) is 5.57 Å². The van der Waals surface area contributed by atoms with Crippen molar-refractivity contribution in [2.75, 3.05) is 13.2 Å². The number of hydrogen-bond donors (Lipinski definition) is 0. The van der Waals surface area contributed by atoms with Crippen LogP contribution in [0.5, 0.6) is 0 Å². The van der Waals surface area contributed by atoms with Crippen LogP contribution >= 0.6 is 0 Å². The molecule has 1 heterocycles. The smallest absolute Gasteiger partial charge is 0.172 e. The summed E-state index contributed by atoms with van der Waals surface area (Å²) in [6.07, 6.45) is 17.1. The summed E-state index contributed by atoms with van der Waals surface area (Å²) in [6.45, 7) is 5.32. The number of hydrogen-bond acceptors (Lipinski definition) is 2. The van der Waals surface area contributed by atoms with Gasteiger partial charge in [-0.25, -0.2) is 4.39 Å². The molecule has 5 rings (SSSR count). The predicted octanol–water partition coefficient (Wildman–Crippen LogP) is 7.40. The minimum atomic E-state index is -0.441. The maximum absolute atomic E-state index is 15.1. The molecule has 2 nitrogen and oxygen atoms in total. The predicted molar refractivity (Wildman–Crippen MR) is 123 cm³/mol. The number of ether oxygens (including phenoxy) is 2. The second kappa shape index (κ2) is 9.19. The number of allylic oxidation sites excluding steroid dienone is 2. The Kier molecular flexibility index (Phi) is 6.35. The summed E-state index contributed by atoms with van der Waals surface area (Å²) in [5, 5.41) is 0. The number of halogens is 1. The quantitative estimate of drug-likeness (QED) is 0.469. The third kappa shape index (κ3) is 4.54. The van der Waals surface area contributed by atoms with Gasteiger partial charge in [0, 0.05) is 18.4 Å². The van der Waals surface area contributed by atoms with Crippen molar-refractivity contribution in [2.24, 2.45) is 17.8 Å². The van der Waals surface area contributed by atoms with Crippen molar-refractivity contribution in [3.05, 3.63) is 53.9 Å². The van der Waals surface area contributed by atoms with Crippen LogP contribution < -0.4 is 0 Å². The van der Waals surface area contributed by atoms with Gasteiger partial charge in [0.1, 0.15) is 5.82 Å². The van der Waals surface area contributed by atoms with Gasteiger partial charge in [0.15, 0.2) is 5.79 Å². The zero-order valence-corrected chi connectivity index (χ0v) is 18.8. The van der Waals surface area contributed by atoms with E-state index in [1.165, 1.54) is 56.9 Å². The Morgan fingerprint density at radius 2 is 1.61 bits per heavy atom. The highest BCUT2D eigenvalue weighted by atomic mass is 19.1. The molecule has 2 saturated carbocycles. The highest BCUT2D eigenvalue weighted by Crippen LogP contribution is 2.45. The molecule has 0 unspecified atom stereocenters. The van der Waals surface area contributed by atoms with Gasteiger partial charge < -0.3 is 9.47 Å². The summed E-state index contributed by atoms with van der Waals surface area (Å²) in [5.74, 6) is 2.56. The van der Waals surface area contributed by atoms with Crippen LogP contribution in [0.3, 0.4) is 0 Å². The highest BCUT2D eigenvalue weighted by Gasteiger charge is 2.38. The van der Waals surface area contributed by atoms with E-state index in [2.05, 4.69) is 24.8 Å². The van der Waals surface area contributed by atoms with Crippen LogP contribution in [-0.4, -0.2) is 19.0 Å². The third-order valence-corrected chi connectivity index (χ3v) is 8.65. The first-order valence-electron chi connectivity index (χ1n) is 12.5. The third-order valence-electron chi connectivity index (χ3n) is 8.65. The molecule has 1 aliphatic heterocycles. The molecule has 0 atom stereocenters. The Labute approximate surface area is 186 Å². The fraction of sp³-hybridized carbons (Fsp3) is 0.643. The van der Waals surface area contributed by atoms with Gasteiger partial charge in [0.25, 0.3) is 0 Å². The van der Waals surface area contributed by atoms with Crippen molar-refractivity contribution in [3.63, 3.8) is 0 Å². The molecule has 0 radical (unpaired) electrons. The van der Waals surface area contributed by atoms with E-state index in [9.17, 15) is 0 Å². The molecule has 3 heteroatoms. The Hall–Kier alpha value is -1.45. The van der Waals surface area contributed by atoms with Crippen molar-refractivity contribution in [1.29, 1.82) is 0 Å². The first-order chi connectivity index (χ1) is 15.2. The second-order valence-electron chi connectivity index (χ2n) is 10.3. The van der Waals surface area contributed by atoms with Crippen molar-refractivity contribution < 1.29 is 13.9 Å². The lowest BCUT2D eigenvalue weighted by molar-refractivity contribution is -0.159. The molecule has 0 bridgehead atoms. The molecule has 3 aliphatic carbocycles. The zero-order chi connectivity index (χ0) is 21.3. The van der Waals surface area contributed by atoms with Gasteiger partial charge >= 0.3 is 0 Å². The van der Waals surface area contributed by atoms with Gasteiger partial charge in [-0.1, -0.05) is 24.3 Å². The minimum absolute atomic E-state index is 0.0576. The van der Waals surface area contributed by atoms with Crippen LogP contribution in [0, 0.1) is 23.6 Å². The van der Waals surface area contributed by atoms with Crippen LogP contribution in [-0.2, 0) is 9.47 Å². The fourth-order valence-corrected chi connectivity index (χ4v) is 6.63. The van der Waals surface area contributed by atoms with E-state index in [1.807, 2.05) is 12.1 Å². The molecule has 1 aromatic carbocycles. The lowest BCUT2D eigenvalue weighted by Crippen LogP contribution is -2.31. The van der Waals surface area contributed by atoms with Crippen LogP contribution in [0.15, 0.2) is 36.9 Å². The number of rotatable bonds is 4. The molecular formula is C28H37FO2. The molecule has 0 amide bonds. The lowest BCUT2D eigenvalue weighted by atomic mass is 9.68. The minimum Gasteiger partial charge on any atom is -0.347 e. The summed E-state index contributed by atoms with van der Waals surface area (Å²) in [5.41, 5.74) is 3.07. The largest absolute Gasteiger partial charge is 0.347 e. The summed E-state index contributed by atoms with van der Waals surface area (Å²) < 4.78 is 26.7. The maximum atomic E-state index is 15.1. The van der Waals surface area contributed by atoms with Gasteiger partial charge in [-0.2, -0.15) is 0 Å². The monoisotopic (exact) mass is 424 g/mol. The molecule has 0 N–H and O–H groups in total. The van der Waals surface area contributed by atoms with Crippen LogP contribution in [0.1, 0.15) is 87.7 Å². The van der Waals surface area contributed by atoms with Gasteiger partial charge in [-0.05, 0) is 98.7 Å². The van der Waals surface area contributed by atoms with E-state index in [0.29, 0.717) is 19.1 Å². The van der Waals surface area contributed by atoms with Gasteiger partial charge in [-0.15, -0.1) is 6.58 Å². The van der Waals surface area contributed by atoms with E-state index in [0.717, 1.165) is 48.2 Å². The normalized spacial score (nSPS) is 33.3. The van der Waals surface area contributed by atoms with Crippen molar-refractivity contribution >= 4 is 5.57 Å². The zero-order valence-electron chi connectivity index (χ0n) is 18.8. The summed E-state index contributed by atoms with van der Waals surface area (Å²) in [7, 11) is 0. The summed E-state index contributed by atoms with van der Waals surface area (Å²) >= 11 is 0. The molecule has 1 spiro atoms. The molecule has 4 aliphatic rings. The van der Waals surface area contributed by atoms with Gasteiger partial charge in [0.05, 0.1) is 13.2 Å². The van der Waals surface area contributed by atoms with E-state index in [1.54, 1.807) is 0 Å². The first-order valence-corrected chi connectivity index (χ1v) is 12.5. The average molecular weight is 425 g/mol. The molecule has 1 aromatic rings. The topological polar surface area (TPSA) is 18.5 Å². The summed E-state index contributed by atoms with van der Waals surface area (Å²) in [4.78, 5) is 0. The molecule has 1 saturated heterocycles. The Morgan fingerprint density at radius 1 is 0.935 bits per heavy atom. The van der Waals surface area contributed by atoms with Crippen molar-refractivity contribution in [1.82, 2.24) is 0 Å². The van der Waals surface area contributed by atoms with E-state index in [-0.39, 0.29) is 5.82 Å². The van der Waals surface area contributed by atoms with Crippen LogP contribution in [0.2, 0.25) is 0 Å². The van der Waals surface area contributed by atoms with Gasteiger partial charge in [0.2, 0.25) is 0 Å². The molecular weight excluding hydrogens is 387 g/mol. The molecule has 168 valence electrons. The first kappa shape index (κ1) is 21.4. The van der Waals surface area contributed by atoms with E-state index >= 15 is 4.39 Å². The Bertz CT molecular complexity index is 806. The van der Waals surface area contributed by atoms with Crippen molar-refractivity contribution in [3.8, 4) is 0 Å². The van der Waals surface area contributed by atoms with Crippen LogP contribution in [0.4, 0.5) is 4.39 Å². The standard InChI is InChI=1S/C28H37FO2/c1-2-20-3-5-21(6-4-20)22-7-9-23(10-8-22)25-11-12-26(27(29)19-25)24-13-15-28(16-14-24)30-17-18-31-28/h2,11-13,19-23H,1,3-10,14-18H2. The molecule has 3 fully saturated rings. The summed E-state index contributed by atoms with van der Waals surface area (Å²) in [6, 6.07) is 6.03. The molecule has 0 aromatic heterocycles. The fourth-order valence-electron chi connectivity index (χ4n) is 6.63. The van der Waals surface area contributed by atoms with Gasteiger partial charge in [-0.3, -0.25) is 0 Å². The molecule has 31 heavy (non-hydrogen) atoms. The average Bonchev–Trinajstić information content (AvgIpc) is 3.28. The highest BCUT2D eigenvalue weighted by molar-refractivity contribution is 5.67. The van der Waals surface area contributed by atoms with E-state index < -0.39 is 5.79 Å². The maximum Gasteiger partial charge on any atom is 0.172 e. The van der Waals surface area contributed by atoms with E-state index in [4.69, 9.17) is 9.47 Å². The SMILES string of the molecule is C=CC1CCC(C2CCC(c3ccc(C4=CCC5(CC4)OCCO5)c(F)c3)CC2)CC1. The lowest BCUT2D eigenvalue weighted by Gasteiger charge is -2.37. The number of benzene rings is 1. The Balaban J connectivity index is 1.18. The van der Waals surface area contributed by atoms with Crippen molar-refractivity contribution in [2.45, 2.75) is 82.3 Å². The second-order valence-corrected chi connectivity index (χ2v) is 10.3. The Morgan fingerprint density at radius 3 is 2.19 bits per heavy atom.